The summed E-state index contributed by atoms with van der Waals surface area (Å²) in [7, 11) is 4.01. The predicted molar refractivity (Wildman–Crippen MR) is 123 cm³/mol. The molecule has 3 rings (SSSR count). The predicted octanol–water partition coefficient (Wildman–Crippen LogP) is 5.11. The summed E-state index contributed by atoms with van der Waals surface area (Å²) in [5.41, 5.74) is 4.01. The number of ether oxygens (including phenoxy) is 1. The van der Waals surface area contributed by atoms with Crippen LogP contribution in [0.1, 0.15) is 25.8 Å². The van der Waals surface area contributed by atoms with Crippen molar-refractivity contribution in [3.8, 4) is 16.9 Å². The van der Waals surface area contributed by atoms with E-state index in [0.29, 0.717) is 24.5 Å². The third-order valence-corrected chi connectivity index (χ3v) is 4.98. The summed E-state index contributed by atoms with van der Waals surface area (Å²) in [6, 6.07) is 10.1. The average Bonchev–Trinajstić information content (AvgIpc) is 3.14. The van der Waals surface area contributed by atoms with E-state index in [9.17, 15) is 9.18 Å². The molecule has 0 aliphatic heterocycles. The molecule has 0 saturated carbocycles. The van der Waals surface area contributed by atoms with Crippen LogP contribution < -0.4 is 10.1 Å². The van der Waals surface area contributed by atoms with E-state index >= 15 is 0 Å². The van der Waals surface area contributed by atoms with Crippen LogP contribution in [0.15, 0.2) is 53.2 Å². The highest BCUT2D eigenvalue weighted by atomic mass is 19.1. The molecule has 0 atom stereocenters. The number of nitrogens with one attached hydrogen (secondary N) is 1. The summed E-state index contributed by atoms with van der Waals surface area (Å²) in [5, 5.41) is 3.81. The molecule has 5 nitrogen and oxygen atoms in total. The molecule has 0 unspecified atom stereocenters. The number of rotatable bonds is 9. The lowest BCUT2D eigenvalue weighted by Gasteiger charge is -2.12. The van der Waals surface area contributed by atoms with Crippen molar-refractivity contribution in [1.29, 1.82) is 0 Å². The fourth-order valence-corrected chi connectivity index (χ4v) is 3.42. The van der Waals surface area contributed by atoms with Gasteiger partial charge in [0.2, 0.25) is 5.91 Å². The fourth-order valence-electron chi connectivity index (χ4n) is 3.42. The first-order chi connectivity index (χ1) is 14.9. The molecule has 1 amide bonds. The molecule has 3 aromatic rings. The minimum absolute atomic E-state index is 0.134. The number of hydrogen-bond donors (Lipinski definition) is 1. The number of nitrogens with zero attached hydrogens (tertiary/aromatic N) is 1. The highest BCUT2D eigenvalue weighted by Crippen LogP contribution is 2.37. The van der Waals surface area contributed by atoms with Crippen LogP contribution in [-0.2, 0) is 4.79 Å². The zero-order valence-electron chi connectivity index (χ0n) is 18.5. The molecular formula is C25H29FN2O3. The van der Waals surface area contributed by atoms with Crippen LogP contribution in [0.2, 0.25) is 0 Å². The number of carbonyl (C=O) groups is 1. The Morgan fingerprint density at radius 2 is 1.97 bits per heavy atom. The van der Waals surface area contributed by atoms with Crippen molar-refractivity contribution in [2.24, 2.45) is 0 Å². The Bertz CT molecular complexity index is 1070. The normalized spacial score (nSPS) is 11.9. The second-order valence-corrected chi connectivity index (χ2v) is 7.71. The number of fused-ring (bicyclic) bond motifs is 1. The molecular weight excluding hydrogens is 395 g/mol. The van der Waals surface area contributed by atoms with Gasteiger partial charge < -0.3 is 19.4 Å². The van der Waals surface area contributed by atoms with Crippen molar-refractivity contribution >= 4 is 22.4 Å². The van der Waals surface area contributed by atoms with Gasteiger partial charge in [-0.1, -0.05) is 12.1 Å². The maximum absolute atomic E-state index is 13.3. The Hall–Kier alpha value is -3.12. The van der Waals surface area contributed by atoms with Gasteiger partial charge in [-0.3, -0.25) is 4.79 Å². The Balaban J connectivity index is 1.91. The summed E-state index contributed by atoms with van der Waals surface area (Å²) in [5.74, 6) is 0.236. The van der Waals surface area contributed by atoms with Crippen molar-refractivity contribution < 1.29 is 18.3 Å². The number of furan rings is 1. The standard InChI is InChI=1S/C25H29FN2O3/c1-5-30-23-15-24-21(22(16-31-24)18-7-9-19(26)10-8-18)14-20(23)17(2)13-25(29)27-11-6-12-28(3)4/h7-10,13-16H,5-6,11-12H2,1-4H3,(H,27,29)/b17-13+. The van der Waals surface area contributed by atoms with Gasteiger partial charge in [0.25, 0.3) is 0 Å². The van der Waals surface area contributed by atoms with E-state index in [0.717, 1.165) is 40.6 Å². The van der Waals surface area contributed by atoms with E-state index in [-0.39, 0.29) is 11.7 Å². The number of benzene rings is 2. The molecule has 0 saturated heterocycles. The lowest BCUT2D eigenvalue weighted by molar-refractivity contribution is -0.116. The third kappa shape index (κ3) is 5.73. The zero-order chi connectivity index (χ0) is 22.4. The largest absolute Gasteiger partial charge is 0.493 e. The number of halogens is 1. The van der Waals surface area contributed by atoms with E-state index in [4.69, 9.17) is 9.15 Å². The van der Waals surface area contributed by atoms with E-state index in [2.05, 4.69) is 10.2 Å². The molecule has 0 aliphatic rings. The highest BCUT2D eigenvalue weighted by molar-refractivity contribution is 6.00. The summed E-state index contributed by atoms with van der Waals surface area (Å²) >= 11 is 0. The van der Waals surface area contributed by atoms with Gasteiger partial charge in [-0.25, -0.2) is 4.39 Å². The Morgan fingerprint density at radius 1 is 1.23 bits per heavy atom. The van der Waals surface area contributed by atoms with E-state index in [1.165, 1.54) is 12.1 Å². The van der Waals surface area contributed by atoms with Gasteiger partial charge in [0.1, 0.15) is 17.1 Å². The molecule has 164 valence electrons. The third-order valence-electron chi connectivity index (χ3n) is 4.98. The lowest BCUT2D eigenvalue weighted by Crippen LogP contribution is -2.25. The first-order valence-electron chi connectivity index (χ1n) is 10.4. The van der Waals surface area contributed by atoms with E-state index in [1.807, 2.05) is 40.1 Å². The second kappa shape index (κ2) is 10.3. The van der Waals surface area contributed by atoms with Gasteiger partial charge in [-0.2, -0.15) is 0 Å². The molecule has 1 N–H and O–H groups in total. The number of amides is 1. The molecule has 6 heteroatoms. The van der Waals surface area contributed by atoms with Crippen LogP contribution in [0.25, 0.3) is 27.7 Å². The monoisotopic (exact) mass is 424 g/mol. The second-order valence-electron chi connectivity index (χ2n) is 7.71. The molecule has 0 fully saturated rings. The van der Waals surface area contributed by atoms with Crippen molar-refractivity contribution in [3.63, 3.8) is 0 Å². The van der Waals surface area contributed by atoms with Gasteiger partial charge in [0.05, 0.1) is 12.9 Å². The maximum atomic E-state index is 13.3. The molecule has 1 heterocycles. The Morgan fingerprint density at radius 3 is 2.65 bits per heavy atom. The minimum Gasteiger partial charge on any atom is -0.493 e. The molecule has 0 aliphatic carbocycles. The molecule has 2 aromatic carbocycles. The first-order valence-corrected chi connectivity index (χ1v) is 10.4. The minimum atomic E-state index is -0.286. The van der Waals surface area contributed by atoms with Crippen LogP contribution in [0.5, 0.6) is 5.75 Å². The van der Waals surface area contributed by atoms with Crippen LogP contribution in [-0.4, -0.2) is 44.6 Å². The van der Waals surface area contributed by atoms with Gasteiger partial charge in [0.15, 0.2) is 0 Å². The van der Waals surface area contributed by atoms with Crippen molar-refractivity contribution in [2.75, 3.05) is 33.8 Å². The van der Waals surface area contributed by atoms with Crippen LogP contribution in [0.3, 0.4) is 0 Å². The molecule has 0 spiro atoms. The maximum Gasteiger partial charge on any atom is 0.244 e. The molecule has 1 aromatic heterocycles. The van der Waals surface area contributed by atoms with E-state index in [1.54, 1.807) is 24.5 Å². The molecule has 31 heavy (non-hydrogen) atoms. The average molecular weight is 425 g/mol. The van der Waals surface area contributed by atoms with Gasteiger partial charge in [0, 0.05) is 35.2 Å². The topological polar surface area (TPSA) is 54.7 Å². The Kier molecular flexibility index (Phi) is 7.47. The van der Waals surface area contributed by atoms with Crippen LogP contribution in [0, 0.1) is 5.82 Å². The molecule has 0 radical (unpaired) electrons. The van der Waals surface area contributed by atoms with Crippen molar-refractivity contribution in [3.05, 3.63) is 60.1 Å². The Labute approximate surface area is 182 Å². The number of hydrogen-bond acceptors (Lipinski definition) is 4. The summed E-state index contributed by atoms with van der Waals surface area (Å²) in [6.07, 6.45) is 4.14. The lowest BCUT2D eigenvalue weighted by atomic mass is 9.99. The van der Waals surface area contributed by atoms with Gasteiger partial charge in [-0.15, -0.1) is 0 Å². The summed E-state index contributed by atoms with van der Waals surface area (Å²) in [6.45, 7) is 5.83. The van der Waals surface area contributed by atoms with Crippen molar-refractivity contribution in [2.45, 2.75) is 20.3 Å². The molecule has 0 bridgehead atoms. The highest BCUT2D eigenvalue weighted by Gasteiger charge is 2.15. The smallest absolute Gasteiger partial charge is 0.244 e. The van der Waals surface area contributed by atoms with Crippen LogP contribution in [0.4, 0.5) is 4.39 Å². The summed E-state index contributed by atoms with van der Waals surface area (Å²) in [4.78, 5) is 14.5. The number of carbonyl (C=O) groups excluding carboxylic acids is 1. The van der Waals surface area contributed by atoms with E-state index < -0.39 is 0 Å². The van der Waals surface area contributed by atoms with Crippen molar-refractivity contribution in [1.82, 2.24) is 10.2 Å². The number of allylic oxidation sites excluding steroid dienone is 1. The van der Waals surface area contributed by atoms with Gasteiger partial charge >= 0.3 is 0 Å². The van der Waals surface area contributed by atoms with Crippen LogP contribution >= 0.6 is 0 Å². The SMILES string of the molecule is CCOc1cc2occ(-c3ccc(F)cc3)c2cc1/C(C)=C/C(=O)NCCCN(C)C. The fraction of sp³-hybridized carbons (Fsp3) is 0.320. The zero-order valence-corrected chi connectivity index (χ0v) is 18.5. The first kappa shape index (κ1) is 22.6. The quantitative estimate of drug-likeness (QED) is 0.383. The van der Waals surface area contributed by atoms with Gasteiger partial charge in [-0.05, 0) is 70.2 Å². The summed E-state index contributed by atoms with van der Waals surface area (Å²) < 4.78 is 24.9.